The maximum Gasteiger partial charge on any atom is 3.00 e. The number of carbonyl (C=O) groups excluding carboxylic acids is 9. The van der Waals surface area contributed by atoms with Gasteiger partial charge in [-0.3, -0.25) is 58.0 Å². The number of ketones is 3. The van der Waals surface area contributed by atoms with E-state index in [0.29, 0.717) is 11.3 Å². The van der Waals surface area contributed by atoms with Gasteiger partial charge >= 0.3 is 37.7 Å². The molecule has 0 aliphatic carbocycles. The molecule has 2 heterocycles. The molecule has 80 heavy (non-hydrogen) atoms. The van der Waals surface area contributed by atoms with Gasteiger partial charge in [-0.15, -0.1) is 0 Å². The summed E-state index contributed by atoms with van der Waals surface area (Å²) in [4.78, 5) is 165. The summed E-state index contributed by atoms with van der Waals surface area (Å²) in [5.74, 6) is -18.3. The largest absolute Gasteiger partial charge is 3.00 e. The van der Waals surface area contributed by atoms with Gasteiger partial charge in [0, 0.05) is 122 Å². The summed E-state index contributed by atoms with van der Waals surface area (Å²) in [6, 6.07) is 2.11. The topological polar surface area (TPSA) is 453 Å². The fourth-order valence-electron chi connectivity index (χ4n) is 8.78. The van der Waals surface area contributed by atoms with E-state index in [1.165, 1.54) is 39.0 Å². The number of H-pyrrole nitrogens is 1. The van der Waals surface area contributed by atoms with E-state index in [4.69, 9.17) is 0 Å². The SMILES string of the molecule is C[C@H](NC(=O)[C@H](CC(=O)O)CC(=O)CCC(C(=O)O)N1CCN(CC(=O)[O-])CCN(CC(=O)[O-])CCN(CC(=O)[O-])CC1)C(=O)C[C@@H](Cc1cnc[nH]1)C(=O)N[C@@H](CO)C(=O)C[C@@H](Cc1ccccc1)C(=O)N[C@@H](CO)C(=O)O.[Ga+3]. The molecule has 29 nitrogen and oxygen atoms in total. The third-order valence-electron chi connectivity index (χ3n) is 13.1. The summed E-state index contributed by atoms with van der Waals surface area (Å²) in [7, 11) is 0. The molecule has 9 N–H and O–H groups in total. The second-order valence-electron chi connectivity index (χ2n) is 19.2. The Morgan fingerprint density at radius 1 is 0.600 bits per heavy atom. The second kappa shape index (κ2) is 35.6. The van der Waals surface area contributed by atoms with Crippen LogP contribution < -0.4 is 31.3 Å². The first kappa shape index (κ1) is 69.2. The van der Waals surface area contributed by atoms with Crippen molar-refractivity contribution in [3.05, 3.63) is 54.1 Å². The van der Waals surface area contributed by atoms with Crippen LogP contribution in [0, 0.1) is 17.8 Å². The predicted octanol–water partition coefficient (Wildman–Crippen LogP) is -7.74. The van der Waals surface area contributed by atoms with Crippen LogP contribution in [0.5, 0.6) is 0 Å². The quantitative estimate of drug-likeness (QED) is 0.0294. The smallest absolute Gasteiger partial charge is 0.549 e. The number of aliphatic hydroxyl groups excluding tert-OH is 2. The molecule has 30 heteroatoms. The first-order chi connectivity index (χ1) is 37.4. The first-order valence-electron chi connectivity index (χ1n) is 25.3. The number of rotatable bonds is 34. The summed E-state index contributed by atoms with van der Waals surface area (Å²) in [6.45, 7) is -2.96. The Morgan fingerprint density at radius 2 is 1.07 bits per heavy atom. The molecule has 0 radical (unpaired) electrons. The Bertz CT molecular complexity index is 2390. The molecule has 436 valence electrons. The van der Waals surface area contributed by atoms with Crippen LogP contribution in [-0.4, -0.2) is 255 Å². The van der Waals surface area contributed by atoms with Gasteiger partial charge in [0.25, 0.3) is 0 Å². The zero-order valence-corrected chi connectivity index (χ0v) is 46.5. The predicted molar refractivity (Wildman–Crippen MR) is 270 cm³/mol. The van der Waals surface area contributed by atoms with E-state index in [1.54, 1.807) is 30.3 Å². The van der Waals surface area contributed by atoms with E-state index in [1.807, 2.05) is 0 Å². The van der Waals surface area contributed by atoms with Crippen LogP contribution in [0.1, 0.15) is 56.7 Å². The number of amides is 3. The van der Waals surface area contributed by atoms with Crippen LogP contribution >= 0.6 is 0 Å². The van der Waals surface area contributed by atoms with Crippen LogP contribution in [0.25, 0.3) is 0 Å². The number of aliphatic carboxylic acids is 6. The van der Waals surface area contributed by atoms with Gasteiger partial charge in [-0.05, 0) is 25.3 Å². The fourth-order valence-corrected chi connectivity index (χ4v) is 8.78. The van der Waals surface area contributed by atoms with Crippen molar-refractivity contribution in [1.29, 1.82) is 0 Å². The molecule has 7 atom stereocenters. The van der Waals surface area contributed by atoms with E-state index < -0.39 is 184 Å². The molecular formula is C50H68GaN9O20. The van der Waals surface area contributed by atoms with E-state index in [2.05, 4.69) is 25.9 Å². The van der Waals surface area contributed by atoms with Crippen molar-refractivity contribution in [1.82, 2.24) is 45.5 Å². The minimum absolute atomic E-state index is 0. The second-order valence-corrected chi connectivity index (χ2v) is 19.2. The Morgan fingerprint density at radius 3 is 1.52 bits per heavy atom. The number of aliphatic hydroxyl groups is 2. The van der Waals surface area contributed by atoms with Gasteiger partial charge in [0.05, 0.1) is 61.7 Å². The van der Waals surface area contributed by atoms with Crippen molar-refractivity contribution in [2.24, 2.45) is 17.8 Å². The molecule has 0 saturated carbocycles. The minimum Gasteiger partial charge on any atom is -0.549 e. The van der Waals surface area contributed by atoms with Gasteiger partial charge in [-0.25, -0.2) is 9.78 Å². The van der Waals surface area contributed by atoms with Gasteiger partial charge in [-0.2, -0.15) is 0 Å². The Balaban J connectivity index is 0.0000219. The number of Topliss-reactive ketones (excluding diaryl/α,β-unsaturated/α-hetero) is 3. The average Bonchev–Trinajstić information content (AvgIpc) is 3.89. The van der Waals surface area contributed by atoms with Gasteiger partial charge < -0.3 is 76.2 Å². The molecule has 1 saturated heterocycles. The molecular weight excluding hydrogens is 1120 g/mol. The van der Waals surface area contributed by atoms with Crippen molar-refractivity contribution in [3.8, 4) is 0 Å². The van der Waals surface area contributed by atoms with Crippen molar-refractivity contribution >= 4 is 90.7 Å². The average molecular weight is 1180 g/mol. The summed E-state index contributed by atoms with van der Waals surface area (Å²) >= 11 is 0. The van der Waals surface area contributed by atoms with Crippen LogP contribution in [0.2, 0.25) is 0 Å². The molecule has 2 aromatic rings. The number of carboxylic acids is 6. The van der Waals surface area contributed by atoms with Crippen LogP contribution in [0.3, 0.4) is 0 Å². The number of aromatic amines is 1. The van der Waals surface area contributed by atoms with Crippen LogP contribution in [0.15, 0.2) is 42.9 Å². The first-order valence-corrected chi connectivity index (χ1v) is 25.3. The van der Waals surface area contributed by atoms with Gasteiger partial charge in [-0.1, -0.05) is 30.3 Å². The molecule has 3 amide bonds. The minimum atomic E-state index is -1.70. The van der Waals surface area contributed by atoms with Crippen LogP contribution in [0.4, 0.5) is 0 Å². The number of aromatic nitrogens is 2. The Labute approximate surface area is 472 Å². The normalized spacial score (nSPS) is 16.7. The number of benzene rings is 1. The van der Waals surface area contributed by atoms with Gasteiger partial charge in [0.1, 0.15) is 23.9 Å². The molecule has 1 aromatic carbocycles. The van der Waals surface area contributed by atoms with E-state index in [-0.39, 0.29) is 85.0 Å². The molecule has 1 aromatic heterocycles. The molecule has 3 rings (SSSR count). The molecule has 1 unspecified atom stereocenters. The van der Waals surface area contributed by atoms with Gasteiger partial charge in [0.15, 0.2) is 11.6 Å². The maximum atomic E-state index is 13.9. The third kappa shape index (κ3) is 25.5. The maximum absolute atomic E-state index is 13.9. The standard InChI is InChI=1S/C50H71N9O20.Ga/c1-30(40(63)20-33(18-35-23-51-29-52-35)48(75)54-37(27-60)41(64)21-32(17-31-5-3-2-4-6-31)47(74)55-38(28-61)49(76)77)53-46(73)34(22-42(65)66)19-36(62)7-8-39(50(78)79)59-15-13-57(25-44(69)70)11-9-56(24-43(67)68)10-12-58(14-16-59)26-45(71)72;/h2-6,23,29-30,32-34,37-39,60-61H,7-22,24-28H2,1H3,(H,51,52)(H,53,73)(H,54,75)(H,55,74)(H,65,66)(H,67,68)(H,69,70)(H,71,72)(H,76,77)(H,78,79);/q;+3/p-3/t30-,32+,33+,34-,37-,38-,39?;/m0./s1. The van der Waals surface area contributed by atoms with E-state index in [0.717, 1.165) is 0 Å². The number of carboxylic acid groups (broad SMARTS) is 6. The summed E-state index contributed by atoms with van der Waals surface area (Å²) in [5, 5.41) is 90.9. The zero-order chi connectivity index (χ0) is 58.8. The summed E-state index contributed by atoms with van der Waals surface area (Å²) in [5.41, 5.74) is 0.926. The fraction of sp³-hybridized carbons (Fsp3) is 0.580. The molecule has 1 aliphatic heterocycles. The Hall–Kier alpha value is -6.93. The number of nitrogens with zero attached hydrogens (tertiary/aromatic N) is 5. The number of imidazole rings is 1. The van der Waals surface area contributed by atoms with Crippen LogP contribution in [-0.2, 0) is 70.4 Å². The summed E-state index contributed by atoms with van der Waals surface area (Å²) in [6.07, 6.45) is -1.46. The van der Waals surface area contributed by atoms with Crippen molar-refractivity contribution in [2.45, 2.75) is 82.5 Å². The number of hydrogen-bond donors (Lipinski definition) is 9. The number of hydrogen-bond acceptors (Lipinski definition) is 22. The van der Waals surface area contributed by atoms with Crippen molar-refractivity contribution < 1.29 is 98.4 Å². The molecule has 1 fully saturated rings. The summed E-state index contributed by atoms with van der Waals surface area (Å²) < 4.78 is 0. The number of carbonyl (C=O) groups is 12. The molecule has 0 spiro atoms. The number of nitrogens with one attached hydrogen (secondary N) is 4. The molecule has 1 aliphatic rings. The zero-order valence-electron chi connectivity index (χ0n) is 44.1. The Kier molecular flexibility index (Phi) is 30.8. The van der Waals surface area contributed by atoms with Crippen molar-refractivity contribution in [2.75, 3.05) is 85.2 Å². The van der Waals surface area contributed by atoms with Gasteiger partial charge in [0.2, 0.25) is 17.7 Å². The van der Waals surface area contributed by atoms with E-state index in [9.17, 15) is 98.4 Å². The monoisotopic (exact) mass is 1180 g/mol. The van der Waals surface area contributed by atoms with E-state index >= 15 is 0 Å². The molecule has 0 bridgehead atoms. The third-order valence-corrected chi connectivity index (χ3v) is 13.1. The van der Waals surface area contributed by atoms with Crippen molar-refractivity contribution in [3.63, 3.8) is 0 Å².